The van der Waals surface area contributed by atoms with Crippen molar-refractivity contribution in [3.8, 4) is 0 Å². The summed E-state index contributed by atoms with van der Waals surface area (Å²) in [6, 6.07) is 14.6. The largest absolute Gasteiger partial charge is 0.342 e. The van der Waals surface area contributed by atoms with E-state index in [1.807, 2.05) is 29.0 Å². The van der Waals surface area contributed by atoms with Crippen molar-refractivity contribution in [3.63, 3.8) is 0 Å². The van der Waals surface area contributed by atoms with Crippen LogP contribution in [0.1, 0.15) is 67.3 Å². The van der Waals surface area contributed by atoms with Gasteiger partial charge >= 0.3 is 0 Å². The Bertz CT molecular complexity index is 1200. The Kier molecular flexibility index (Phi) is 8.29. The van der Waals surface area contributed by atoms with E-state index >= 15 is 0 Å². The van der Waals surface area contributed by atoms with Gasteiger partial charge in [0.05, 0.1) is 12.3 Å². The van der Waals surface area contributed by atoms with Crippen molar-refractivity contribution in [1.29, 1.82) is 0 Å². The highest BCUT2D eigenvalue weighted by atomic mass is 16.2. The van der Waals surface area contributed by atoms with Gasteiger partial charge in [0, 0.05) is 49.0 Å². The Morgan fingerprint density at radius 2 is 1.44 bits per heavy atom. The molecule has 39 heavy (non-hydrogen) atoms. The summed E-state index contributed by atoms with van der Waals surface area (Å²) in [5, 5.41) is 5.86. The van der Waals surface area contributed by atoms with Gasteiger partial charge in [0.1, 0.15) is 0 Å². The molecule has 2 N–H and O–H groups in total. The first-order chi connectivity index (χ1) is 18.9. The van der Waals surface area contributed by atoms with E-state index < -0.39 is 0 Å². The summed E-state index contributed by atoms with van der Waals surface area (Å²) in [5.74, 6) is -0.0298. The van der Waals surface area contributed by atoms with E-state index in [1.54, 1.807) is 36.4 Å². The predicted molar refractivity (Wildman–Crippen MR) is 150 cm³/mol. The standard InChI is InChI=1S/C31H38N4O4/c1-34(27-6-2-3-7-27)30(38)22-12-16-25(17-13-22)32-28(36)19-21-8-14-26(15-9-21)33-29(37)24-5-4-18-35(20-24)31(39)23-10-11-23/h8-9,12-17,23-24,27H,2-7,10-11,18-20H2,1H3,(H,32,36)(H,33,37). The summed E-state index contributed by atoms with van der Waals surface area (Å²) in [6.07, 6.45) is 8.24. The van der Waals surface area contributed by atoms with Gasteiger partial charge in [-0.05, 0) is 80.5 Å². The number of hydrogen-bond acceptors (Lipinski definition) is 4. The van der Waals surface area contributed by atoms with E-state index in [4.69, 9.17) is 0 Å². The molecule has 1 atom stereocenters. The quantitative estimate of drug-likeness (QED) is 0.526. The van der Waals surface area contributed by atoms with E-state index in [9.17, 15) is 19.2 Å². The summed E-state index contributed by atoms with van der Waals surface area (Å²) in [5.41, 5.74) is 2.77. The number of carbonyl (C=O) groups excluding carboxylic acids is 4. The van der Waals surface area contributed by atoms with Gasteiger partial charge in [-0.15, -0.1) is 0 Å². The third kappa shape index (κ3) is 6.85. The maximum Gasteiger partial charge on any atom is 0.253 e. The van der Waals surface area contributed by atoms with E-state index in [0.717, 1.165) is 50.6 Å². The van der Waals surface area contributed by atoms with Crippen LogP contribution in [0, 0.1) is 11.8 Å². The topological polar surface area (TPSA) is 98.8 Å². The molecule has 4 amide bonds. The van der Waals surface area contributed by atoms with Gasteiger partial charge in [-0.25, -0.2) is 0 Å². The van der Waals surface area contributed by atoms with E-state index in [2.05, 4.69) is 10.6 Å². The maximum absolute atomic E-state index is 12.8. The number of anilines is 2. The molecule has 2 aromatic carbocycles. The number of amides is 4. The van der Waals surface area contributed by atoms with E-state index in [1.165, 1.54) is 12.8 Å². The zero-order valence-electron chi connectivity index (χ0n) is 22.7. The van der Waals surface area contributed by atoms with Crippen LogP contribution in [0.25, 0.3) is 0 Å². The lowest BCUT2D eigenvalue weighted by Gasteiger charge is -2.32. The Hall–Kier alpha value is -3.68. The van der Waals surface area contributed by atoms with E-state index in [-0.39, 0.29) is 41.9 Å². The van der Waals surface area contributed by atoms with Gasteiger partial charge in [0.2, 0.25) is 17.7 Å². The number of nitrogens with one attached hydrogen (secondary N) is 2. The lowest BCUT2D eigenvalue weighted by molar-refractivity contribution is -0.135. The van der Waals surface area contributed by atoms with Crippen molar-refractivity contribution < 1.29 is 19.2 Å². The molecule has 1 unspecified atom stereocenters. The number of benzene rings is 2. The van der Waals surface area contributed by atoms with E-state index in [0.29, 0.717) is 29.5 Å². The van der Waals surface area contributed by atoms with Crippen molar-refractivity contribution in [2.75, 3.05) is 30.8 Å². The fourth-order valence-corrected chi connectivity index (χ4v) is 5.68. The van der Waals surface area contributed by atoms with Gasteiger partial charge in [-0.1, -0.05) is 25.0 Å². The van der Waals surface area contributed by atoms with Crippen LogP contribution in [-0.4, -0.2) is 59.6 Å². The Morgan fingerprint density at radius 1 is 0.795 bits per heavy atom. The molecule has 0 radical (unpaired) electrons. The molecular formula is C31H38N4O4. The molecule has 5 rings (SSSR count). The minimum absolute atomic E-state index is 0.0134. The predicted octanol–water partition coefficient (Wildman–Crippen LogP) is 4.47. The van der Waals surface area contributed by atoms with Crippen LogP contribution in [0.15, 0.2) is 48.5 Å². The lowest BCUT2D eigenvalue weighted by Crippen LogP contribution is -2.44. The van der Waals surface area contributed by atoms with Crippen molar-refractivity contribution in [2.24, 2.45) is 11.8 Å². The zero-order valence-corrected chi connectivity index (χ0v) is 22.7. The number of carbonyl (C=O) groups is 4. The average molecular weight is 531 g/mol. The molecule has 8 nitrogen and oxygen atoms in total. The fraction of sp³-hybridized carbons (Fsp3) is 0.484. The molecule has 2 aliphatic carbocycles. The summed E-state index contributed by atoms with van der Waals surface area (Å²) in [4.78, 5) is 54.3. The van der Waals surface area contributed by atoms with Crippen LogP contribution < -0.4 is 10.6 Å². The van der Waals surface area contributed by atoms with Gasteiger partial charge in [0.15, 0.2) is 0 Å². The SMILES string of the molecule is CN(C(=O)c1ccc(NC(=O)Cc2ccc(NC(=O)C3CCCN(C(=O)C4CC4)C3)cc2)cc1)C1CCCC1. The van der Waals surface area contributed by atoms with Crippen LogP contribution in [0.4, 0.5) is 11.4 Å². The normalized spacial score (nSPS) is 19.4. The lowest BCUT2D eigenvalue weighted by atomic mass is 9.96. The van der Waals surface area contributed by atoms with Gasteiger partial charge < -0.3 is 20.4 Å². The second-order valence-electron chi connectivity index (χ2n) is 11.2. The highest BCUT2D eigenvalue weighted by molar-refractivity contribution is 5.96. The van der Waals surface area contributed by atoms with Gasteiger partial charge in [-0.3, -0.25) is 19.2 Å². The smallest absolute Gasteiger partial charge is 0.253 e. The average Bonchev–Trinajstić information content (AvgIpc) is 3.66. The molecular weight excluding hydrogens is 492 g/mol. The zero-order chi connectivity index (χ0) is 27.4. The molecule has 8 heteroatoms. The minimum Gasteiger partial charge on any atom is -0.342 e. The molecule has 0 bridgehead atoms. The molecule has 3 aliphatic rings. The molecule has 1 aliphatic heterocycles. The Morgan fingerprint density at radius 3 is 2.10 bits per heavy atom. The first-order valence-corrected chi connectivity index (χ1v) is 14.2. The number of hydrogen-bond donors (Lipinski definition) is 2. The third-order valence-corrected chi connectivity index (χ3v) is 8.22. The molecule has 1 heterocycles. The number of piperidine rings is 1. The van der Waals surface area contributed by atoms with Crippen molar-refractivity contribution in [3.05, 3.63) is 59.7 Å². The van der Waals surface area contributed by atoms with Crippen LogP contribution in [0.2, 0.25) is 0 Å². The van der Waals surface area contributed by atoms with Crippen LogP contribution in [0.3, 0.4) is 0 Å². The first-order valence-electron chi connectivity index (χ1n) is 14.2. The summed E-state index contributed by atoms with van der Waals surface area (Å²) < 4.78 is 0. The fourth-order valence-electron chi connectivity index (χ4n) is 5.68. The molecule has 3 fully saturated rings. The number of likely N-dealkylation sites (tertiary alicyclic amines) is 1. The molecule has 1 saturated heterocycles. The molecule has 0 aromatic heterocycles. The molecule has 0 spiro atoms. The summed E-state index contributed by atoms with van der Waals surface area (Å²) in [6.45, 7) is 1.24. The van der Waals surface area contributed by atoms with Crippen LogP contribution >= 0.6 is 0 Å². The van der Waals surface area contributed by atoms with Crippen LogP contribution in [-0.2, 0) is 20.8 Å². The maximum atomic E-state index is 12.8. The second kappa shape index (κ2) is 12.0. The highest BCUT2D eigenvalue weighted by Gasteiger charge is 2.36. The minimum atomic E-state index is -0.198. The van der Waals surface area contributed by atoms with Crippen LogP contribution in [0.5, 0.6) is 0 Å². The molecule has 2 saturated carbocycles. The van der Waals surface area contributed by atoms with Crippen molar-refractivity contribution >= 4 is 35.0 Å². The number of nitrogens with zero attached hydrogens (tertiary/aromatic N) is 2. The highest BCUT2D eigenvalue weighted by Crippen LogP contribution is 2.32. The first kappa shape index (κ1) is 26.9. The Balaban J connectivity index is 1.08. The summed E-state index contributed by atoms with van der Waals surface area (Å²) in [7, 11) is 1.87. The summed E-state index contributed by atoms with van der Waals surface area (Å²) >= 11 is 0. The van der Waals surface area contributed by atoms with Gasteiger partial charge in [0.25, 0.3) is 5.91 Å². The van der Waals surface area contributed by atoms with Gasteiger partial charge in [-0.2, -0.15) is 0 Å². The molecule has 206 valence electrons. The third-order valence-electron chi connectivity index (χ3n) is 8.22. The Labute approximate surface area is 230 Å². The monoisotopic (exact) mass is 530 g/mol. The molecule has 2 aromatic rings. The second-order valence-corrected chi connectivity index (χ2v) is 11.2. The number of rotatable bonds is 8. The van der Waals surface area contributed by atoms with Crippen molar-refractivity contribution in [2.45, 2.75) is 63.8 Å². The van der Waals surface area contributed by atoms with Crippen molar-refractivity contribution in [1.82, 2.24) is 9.80 Å².